The maximum atomic E-state index is 12.2. The first-order valence-electron chi connectivity index (χ1n) is 6.71. The first-order chi connectivity index (χ1) is 11.2. The standard InChI is InChI=1S/C16H13N3O3S/c1-22-11-4-5-12(14(20)7-11)15(21)19-16-18-13(9-23-16)10-3-2-6-17-8-10/h2-9,20H,1H3,(H,18,19,21). The Morgan fingerprint density at radius 1 is 1.35 bits per heavy atom. The molecule has 3 aromatic rings. The highest BCUT2D eigenvalue weighted by Crippen LogP contribution is 2.27. The highest BCUT2D eigenvalue weighted by molar-refractivity contribution is 7.14. The van der Waals surface area contributed by atoms with E-state index in [9.17, 15) is 9.90 Å². The number of benzene rings is 1. The summed E-state index contributed by atoms with van der Waals surface area (Å²) < 4.78 is 4.99. The van der Waals surface area contributed by atoms with Crippen molar-refractivity contribution in [3.8, 4) is 22.8 Å². The molecule has 0 aliphatic heterocycles. The second-order valence-electron chi connectivity index (χ2n) is 4.62. The third kappa shape index (κ3) is 3.29. The van der Waals surface area contributed by atoms with E-state index < -0.39 is 5.91 Å². The van der Waals surface area contributed by atoms with E-state index in [1.54, 1.807) is 18.5 Å². The van der Waals surface area contributed by atoms with Gasteiger partial charge in [-0.3, -0.25) is 15.1 Å². The highest BCUT2D eigenvalue weighted by atomic mass is 32.1. The molecule has 2 aromatic heterocycles. The van der Waals surface area contributed by atoms with Crippen LogP contribution in [0.3, 0.4) is 0 Å². The molecule has 1 aromatic carbocycles. The zero-order chi connectivity index (χ0) is 16.2. The molecule has 3 rings (SSSR count). The minimum Gasteiger partial charge on any atom is -0.507 e. The minimum atomic E-state index is -0.433. The Morgan fingerprint density at radius 2 is 2.22 bits per heavy atom. The second-order valence-corrected chi connectivity index (χ2v) is 5.47. The zero-order valence-electron chi connectivity index (χ0n) is 12.2. The van der Waals surface area contributed by atoms with Crippen LogP contribution in [0.2, 0.25) is 0 Å². The fraction of sp³-hybridized carbons (Fsp3) is 0.0625. The first kappa shape index (κ1) is 15.0. The van der Waals surface area contributed by atoms with Crippen LogP contribution in [0.4, 0.5) is 5.13 Å². The SMILES string of the molecule is COc1ccc(C(=O)Nc2nc(-c3cccnc3)cs2)c(O)c1. The summed E-state index contributed by atoms with van der Waals surface area (Å²) in [6, 6.07) is 8.21. The van der Waals surface area contributed by atoms with Crippen LogP contribution in [0.5, 0.6) is 11.5 Å². The summed E-state index contributed by atoms with van der Waals surface area (Å²) in [4.78, 5) is 20.6. The fourth-order valence-corrected chi connectivity index (χ4v) is 2.69. The van der Waals surface area contributed by atoms with Crippen molar-refractivity contribution in [2.24, 2.45) is 0 Å². The van der Waals surface area contributed by atoms with Gasteiger partial charge >= 0.3 is 0 Å². The predicted molar refractivity (Wildman–Crippen MR) is 88.0 cm³/mol. The van der Waals surface area contributed by atoms with E-state index in [0.717, 1.165) is 11.3 Å². The van der Waals surface area contributed by atoms with Gasteiger partial charge in [0.15, 0.2) is 5.13 Å². The molecule has 7 heteroatoms. The second kappa shape index (κ2) is 6.45. The van der Waals surface area contributed by atoms with Crippen LogP contribution in [0.15, 0.2) is 48.1 Å². The van der Waals surface area contributed by atoms with E-state index in [-0.39, 0.29) is 11.3 Å². The molecule has 1 amide bonds. The van der Waals surface area contributed by atoms with Crippen molar-refractivity contribution in [3.63, 3.8) is 0 Å². The molecule has 0 aliphatic carbocycles. The smallest absolute Gasteiger partial charge is 0.261 e. The fourth-order valence-electron chi connectivity index (χ4n) is 1.97. The van der Waals surface area contributed by atoms with E-state index in [2.05, 4.69) is 15.3 Å². The lowest BCUT2D eigenvalue weighted by Gasteiger charge is -2.06. The number of pyridine rings is 1. The summed E-state index contributed by atoms with van der Waals surface area (Å²) in [6.07, 6.45) is 3.39. The van der Waals surface area contributed by atoms with E-state index in [0.29, 0.717) is 10.9 Å². The number of amides is 1. The molecular formula is C16H13N3O3S. The number of aromatic hydroxyl groups is 1. The van der Waals surface area contributed by atoms with Gasteiger partial charge in [0, 0.05) is 29.4 Å². The molecule has 2 heterocycles. The average Bonchev–Trinajstić information content (AvgIpc) is 3.03. The Balaban J connectivity index is 1.77. The predicted octanol–water partition coefficient (Wildman–Crippen LogP) is 3.17. The summed E-state index contributed by atoms with van der Waals surface area (Å²) in [7, 11) is 1.49. The highest BCUT2D eigenvalue weighted by Gasteiger charge is 2.14. The number of aromatic nitrogens is 2. The number of hydrogen-bond donors (Lipinski definition) is 2. The van der Waals surface area contributed by atoms with Gasteiger partial charge in [0.05, 0.1) is 18.4 Å². The van der Waals surface area contributed by atoms with Gasteiger partial charge in [0.2, 0.25) is 0 Å². The molecule has 0 spiro atoms. The van der Waals surface area contributed by atoms with Crippen LogP contribution >= 0.6 is 11.3 Å². The van der Waals surface area contributed by atoms with Gasteiger partial charge in [-0.15, -0.1) is 11.3 Å². The summed E-state index contributed by atoms with van der Waals surface area (Å²) in [5, 5.41) is 14.8. The number of thiazole rings is 1. The Morgan fingerprint density at radius 3 is 2.91 bits per heavy atom. The van der Waals surface area contributed by atoms with Crippen molar-refractivity contribution in [1.29, 1.82) is 0 Å². The average molecular weight is 327 g/mol. The molecule has 0 atom stereocenters. The van der Waals surface area contributed by atoms with E-state index >= 15 is 0 Å². The largest absolute Gasteiger partial charge is 0.507 e. The number of hydrogen-bond acceptors (Lipinski definition) is 6. The normalized spacial score (nSPS) is 10.3. The third-order valence-electron chi connectivity index (χ3n) is 3.13. The molecule has 0 saturated heterocycles. The first-order valence-corrected chi connectivity index (χ1v) is 7.59. The summed E-state index contributed by atoms with van der Waals surface area (Å²) in [5.41, 5.74) is 1.76. The molecule has 2 N–H and O–H groups in total. The van der Waals surface area contributed by atoms with Crippen LogP contribution in [-0.4, -0.2) is 28.1 Å². The number of phenols is 1. The molecule has 116 valence electrons. The van der Waals surface area contributed by atoms with Gasteiger partial charge in [-0.25, -0.2) is 4.98 Å². The Kier molecular flexibility index (Phi) is 4.20. The van der Waals surface area contributed by atoms with Gasteiger partial charge in [0.1, 0.15) is 11.5 Å². The van der Waals surface area contributed by atoms with Crippen molar-refractivity contribution in [2.45, 2.75) is 0 Å². The molecule has 23 heavy (non-hydrogen) atoms. The van der Waals surface area contributed by atoms with Crippen LogP contribution < -0.4 is 10.1 Å². The van der Waals surface area contributed by atoms with Crippen molar-refractivity contribution >= 4 is 22.4 Å². The van der Waals surface area contributed by atoms with Crippen molar-refractivity contribution in [1.82, 2.24) is 9.97 Å². The molecule has 0 fully saturated rings. The molecule has 6 nitrogen and oxygen atoms in total. The van der Waals surface area contributed by atoms with Gasteiger partial charge in [-0.2, -0.15) is 0 Å². The monoisotopic (exact) mass is 327 g/mol. The number of carbonyl (C=O) groups excluding carboxylic acids is 1. The van der Waals surface area contributed by atoms with Crippen LogP contribution in [0.1, 0.15) is 10.4 Å². The minimum absolute atomic E-state index is 0.147. The number of carbonyl (C=O) groups is 1. The lowest BCUT2D eigenvalue weighted by atomic mass is 10.2. The van der Waals surface area contributed by atoms with Crippen LogP contribution in [0.25, 0.3) is 11.3 Å². The molecule has 0 saturated carbocycles. The van der Waals surface area contributed by atoms with E-state index in [4.69, 9.17) is 4.74 Å². The molecular weight excluding hydrogens is 314 g/mol. The lowest BCUT2D eigenvalue weighted by Crippen LogP contribution is -2.11. The van der Waals surface area contributed by atoms with Crippen molar-refractivity contribution in [2.75, 3.05) is 12.4 Å². The number of anilines is 1. The van der Waals surface area contributed by atoms with E-state index in [1.807, 2.05) is 17.5 Å². The van der Waals surface area contributed by atoms with Crippen molar-refractivity contribution in [3.05, 3.63) is 53.7 Å². The topological polar surface area (TPSA) is 84.3 Å². The van der Waals surface area contributed by atoms with E-state index in [1.165, 1.54) is 30.6 Å². The number of methoxy groups -OCH3 is 1. The van der Waals surface area contributed by atoms with Gasteiger partial charge in [-0.1, -0.05) is 0 Å². The van der Waals surface area contributed by atoms with Crippen LogP contribution in [-0.2, 0) is 0 Å². The maximum Gasteiger partial charge on any atom is 0.261 e. The number of nitrogens with one attached hydrogen (secondary N) is 1. The number of rotatable bonds is 4. The third-order valence-corrected chi connectivity index (χ3v) is 3.89. The van der Waals surface area contributed by atoms with Crippen LogP contribution in [0, 0.1) is 0 Å². The number of ether oxygens (including phenoxy) is 1. The summed E-state index contributed by atoms with van der Waals surface area (Å²) >= 11 is 1.30. The Bertz CT molecular complexity index is 834. The Labute approximate surface area is 136 Å². The number of phenolic OH excluding ortho intramolecular Hbond substituents is 1. The molecule has 0 unspecified atom stereocenters. The Hall–Kier alpha value is -2.93. The van der Waals surface area contributed by atoms with Gasteiger partial charge in [-0.05, 0) is 24.3 Å². The quantitative estimate of drug-likeness (QED) is 0.769. The maximum absolute atomic E-state index is 12.2. The summed E-state index contributed by atoms with van der Waals surface area (Å²) in [5.74, 6) is -0.102. The molecule has 0 aliphatic rings. The lowest BCUT2D eigenvalue weighted by molar-refractivity contribution is 0.102. The number of nitrogens with zero attached hydrogens (tertiary/aromatic N) is 2. The van der Waals surface area contributed by atoms with Gasteiger partial charge < -0.3 is 9.84 Å². The zero-order valence-corrected chi connectivity index (χ0v) is 13.0. The van der Waals surface area contributed by atoms with Crippen molar-refractivity contribution < 1.29 is 14.6 Å². The van der Waals surface area contributed by atoms with Gasteiger partial charge in [0.25, 0.3) is 5.91 Å². The molecule has 0 radical (unpaired) electrons. The molecule has 0 bridgehead atoms. The summed E-state index contributed by atoms with van der Waals surface area (Å²) in [6.45, 7) is 0.